The highest BCUT2D eigenvalue weighted by Gasteiger charge is 2.04. The molecule has 0 bridgehead atoms. The van der Waals surface area contributed by atoms with Gasteiger partial charge in [-0.05, 0) is 31.2 Å². The lowest BCUT2D eigenvalue weighted by Gasteiger charge is -2.07. The zero-order valence-electron chi connectivity index (χ0n) is 10.1. The number of hydrogen-bond acceptors (Lipinski definition) is 2. The average molecular weight is 253 g/mol. The first-order valence-electron chi connectivity index (χ1n) is 5.69. The number of rotatable bonds is 5. The van der Waals surface area contributed by atoms with Crippen molar-refractivity contribution in [2.45, 2.75) is 6.92 Å². The van der Waals surface area contributed by atoms with E-state index >= 15 is 0 Å². The van der Waals surface area contributed by atoms with E-state index in [-0.39, 0.29) is 17.8 Å². The van der Waals surface area contributed by atoms with E-state index in [4.69, 9.17) is 0 Å². The van der Waals surface area contributed by atoms with Gasteiger partial charge in [-0.2, -0.15) is 0 Å². The normalized spacial score (nSPS) is 9.67. The Balaban J connectivity index is 2.25. The van der Waals surface area contributed by atoms with Gasteiger partial charge in [-0.25, -0.2) is 9.18 Å². The van der Waals surface area contributed by atoms with Crippen molar-refractivity contribution < 1.29 is 14.0 Å². The summed E-state index contributed by atoms with van der Waals surface area (Å²) in [5.41, 5.74) is 0.384. The summed E-state index contributed by atoms with van der Waals surface area (Å²) in [4.78, 5) is 22.6. The summed E-state index contributed by atoms with van der Waals surface area (Å²) in [6.07, 6.45) is 0. The quantitative estimate of drug-likeness (QED) is 0.682. The van der Waals surface area contributed by atoms with Crippen molar-refractivity contribution in [3.8, 4) is 0 Å². The molecule has 18 heavy (non-hydrogen) atoms. The van der Waals surface area contributed by atoms with Crippen LogP contribution in [0.15, 0.2) is 24.3 Å². The lowest BCUT2D eigenvalue weighted by atomic mass is 10.2. The second kappa shape index (κ2) is 7.26. The molecule has 0 spiro atoms. The summed E-state index contributed by atoms with van der Waals surface area (Å²) >= 11 is 0. The number of hydrogen-bond donors (Lipinski definition) is 3. The smallest absolute Gasteiger partial charge is 0.314 e. The Morgan fingerprint density at radius 1 is 1.06 bits per heavy atom. The molecule has 1 aromatic carbocycles. The van der Waals surface area contributed by atoms with Crippen LogP contribution in [0, 0.1) is 5.82 Å². The third-order valence-electron chi connectivity index (χ3n) is 2.14. The molecule has 0 radical (unpaired) electrons. The zero-order valence-corrected chi connectivity index (χ0v) is 10.1. The van der Waals surface area contributed by atoms with Crippen LogP contribution in [-0.4, -0.2) is 31.6 Å². The van der Waals surface area contributed by atoms with E-state index in [0.717, 1.165) is 0 Å². The molecule has 1 rings (SSSR count). The summed E-state index contributed by atoms with van der Waals surface area (Å²) in [5, 5.41) is 7.75. The maximum absolute atomic E-state index is 12.6. The minimum Gasteiger partial charge on any atom is -0.350 e. The number of amides is 3. The van der Waals surface area contributed by atoms with Crippen molar-refractivity contribution in [2.24, 2.45) is 0 Å². The molecule has 0 unspecified atom stereocenters. The van der Waals surface area contributed by atoms with Gasteiger partial charge in [0.2, 0.25) is 0 Å². The van der Waals surface area contributed by atoms with Gasteiger partial charge in [0.1, 0.15) is 5.82 Å². The first kappa shape index (κ1) is 14.0. The number of nitrogens with one attached hydrogen (secondary N) is 3. The van der Waals surface area contributed by atoms with Gasteiger partial charge in [-0.15, -0.1) is 0 Å². The number of halogens is 1. The molecule has 3 amide bonds. The van der Waals surface area contributed by atoms with E-state index in [1.165, 1.54) is 24.3 Å². The number of carbonyl (C=O) groups is 2. The molecule has 98 valence electrons. The Bertz CT molecular complexity index is 406. The molecular weight excluding hydrogens is 237 g/mol. The Morgan fingerprint density at radius 2 is 1.67 bits per heavy atom. The maximum atomic E-state index is 12.6. The van der Waals surface area contributed by atoms with Gasteiger partial charge < -0.3 is 16.0 Å². The van der Waals surface area contributed by atoms with Crippen LogP contribution in [0.5, 0.6) is 0 Å². The number of carbonyl (C=O) groups excluding carboxylic acids is 2. The molecule has 3 N–H and O–H groups in total. The Labute approximate surface area is 105 Å². The molecule has 0 fully saturated rings. The summed E-state index contributed by atoms with van der Waals surface area (Å²) in [5.74, 6) is -0.683. The minimum absolute atomic E-state index is 0.270. The lowest BCUT2D eigenvalue weighted by molar-refractivity contribution is 0.0954. The standard InChI is InChI=1S/C12H16FN3O2/c1-2-14-12(18)16-8-7-15-11(17)9-3-5-10(13)6-4-9/h3-6H,2,7-8H2,1H3,(H,15,17)(H2,14,16,18). The van der Waals surface area contributed by atoms with Gasteiger partial charge in [0.25, 0.3) is 5.91 Å². The van der Waals surface area contributed by atoms with E-state index in [9.17, 15) is 14.0 Å². The predicted molar refractivity (Wildman–Crippen MR) is 65.8 cm³/mol. The largest absolute Gasteiger partial charge is 0.350 e. The fourth-order valence-electron chi connectivity index (χ4n) is 1.28. The van der Waals surface area contributed by atoms with Crippen molar-refractivity contribution in [1.29, 1.82) is 0 Å². The van der Waals surface area contributed by atoms with Crippen LogP contribution >= 0.6 is 0 Å². The topological polar surface area (TPSA) is 70.2 Å². The Morgan fingerprint density at radius 3 is 2.28 bits per heavy atom. The lowest BCUT2D eigenvalue weighted by Crippen LogP contribution is -2.40. The van der Waals surface area contributed by atoms with Crippen molar-refractivity contribution in [2.75, 3.05) is 19.6 Å². The molecule has 0 aliphatic heterocycles. The van der Waals surface area contributed by atoms with Gasteiger partial charge in [0, 0.05) is 25.2 Å². The van der Waals surface area contributed by atoms with Gasteiger partial charge in [0.05, 0.1) is 0 Å². The molecule has 0 aliphatic rings. The molecule has 0 aliphatic carbocycles. The summed E-state index contributed by atoms with van der Waals surface area (Å²) in [7, 11) is 0. The first-order valence-corrected chi connectivity index (χ1v) is 5.69. The predicted octanol–water partition coefficient (Wildman–Crippen LogP) is 0.875. The summed E-state index contributed by atoms with van der Waals surface area (Å²) in [6, 6.07) is 4.99. The molecular formula is C12H16FN3O2. The van der Waals surface area contributed by atoms with Crippen LogP contribution in [0.1, 0.15) is 17.3 Å². The Hall–Kier alpha value is -2.11. The molecule has 0 heterocycles. The second-order valence-electron chi connectivity index (χ2n) is 3.55. The number of urea groups is 1. The van der Waals surface area contributed by atoms with Crippen LogP contribution in [-0.2, 0) is 0 Å². The minimum atomic E-state index is -0.385. The molecule has 6 heteroatoms. The third-order valence-corrected chi connectivity index (χ3v) is 2.14. The highest BCUT2D eigenvalue weighted by atomic mass is 19.1. The fourth-order valence-corrected chi connectivity index (χ4v) is 1.28. The highest BCUT2D eigenvalue weighted by molar-refractivity contribution is 5.94. The van der Waals surface area contributed by atoms with E-state index < -0.39 is 0 Å². The van der Waals surface area contributed by atoms with Gasteiger partial charge in [0.15, 0.2) is 0 Å². The first-order chi connectivity index (χ1) is 8.63. The van der Waals surface area contributed by atoms with Crippen LogP contribution in [0.25, 0.3) is 0 Å². The molecule has 5 nitrogen and oxygen atoms in total. The van der Waals surface area contributed by atoms with Crippen molar-refractivity contribution in [1.82, 2.24) is 16.0 Å². The van der Waals surface area contributed by atoms with E-state index in [1.807, 2.05) is 6.92 Å². The molecule has 0 saturated carbocycles. The molecule has 1 aromatic rings. The summed E-state index contributed by atoms with van der Waals surface area (Å²) in [6.45, 7) is 3.01. The van der Waals surface area contributed by atoms with Crippen LogP contribution < -0.4 is 16.0 Å². The molecule has 0 aromatic heterocycles. The van der Waals surface area contributed by atoms with Crippen LogP contribution in [0.3, 0.4) is 0 Å². The van der Waals surface area contributed by atoms with Gasteiger partial charge >= 0.3 is 6.03 Å². The highest BCUT2D eigenvalue weighted by Crippen LogP contribution is 2.01. The molecule has 0 saturated heterocycles. The van der Waals surface area contributed by atoms with Crippen molar-refractivity contribution in [3.05, 3.63) is 35.6 Å². The maximum Gasteiger partial charge on any atom is 0.314 e. The van der Waals surface area contributed by atoms with Gasteiger partial charge in [-0.1, -0.05) is 0 Å². The monoisotopic (exact) mass is 253 g/mol. The van der Waals surface area contributed by atoms with Crippen LogP contribution in [0.4, 0.5) is 9.18 Å². The van der Waals surface area contributed by atoms with Crippen LogP contribution in [0.2, 0.25) is 0 Å². The van der Waals surface area contributed by atoms with E-state index in [2.05, 4.69) is 16.0 Å². The van der Waals surface area contributed by atoms with Gasteiger partial charge in [-0.3, -0.25) is 4.79 Å². The SMILES string of the molecule is CCNC(=O)NCCNC(=O)c1ccc(F)cc1. The van der Waals surface area contributed by atoms with Crippen molar-refractivity contribution in [3.63, 3.8) is 0 Å². The fraction of sp³-hybridized carbons (Fsp3) is 0.333. The van der Waals surface area contributed by atoms with E-state index in [0.29, 0.717) is 25.2 Å². The average Bonchev–Trinajstić information content (AvgIpc) is 2.35. The van der Waals surface area contributed by atoms with E-state index in [1.54, 1.807) is 0 Å². The third kappa shape index (κ3) is 4.82. The Kier molecular flexibility index (Phi) is 5.63. The van der Waals surface area contributed by atoms with Crippen molar-refractivity contribution >= 4 is 11.9 Å². The summed E-state index contributed by atoms with van der Waals surface area (Å²) < 4.78 is 12.6. The number of benzene rings is 1. The zero-order chi connectivity index (χ0) is 13.4. The molecule has 0 atom stereocenters. The second-order valence-corrected chi connectivity index (χ2v) is 3.55.